The number of benzene rings is 1. The molecule has 1 atom stereocenters. The SMILES string of the molecule is CCCCCCC(C/C=C\CCCCCCCC(=O)OC)N=Cc1ccc(O)cc1. The number of hydrogen-bond acceptors (Lipinski definition) is 4. The van der Waals surface area contributed by atoms with Crippen LogP contribution < -0.4 is 0 Å². The Bertz CT molecular complexity index is 607. The number of hydrogen-bond donors (Lipinski definition) is 1. The zero-order valence-electron chi connectivity index (χ0n) is 19.0. The van der Waals surface area contributed by atoms with Crippen molar-refractivity contribution in [1.82, 2.24) is 0 Å². The van der Waals surface area contributed by atoms with Crippen LogP contribution in [0.1, 0.15) is 96.0 Å². The monoisotopic (exact) mass is 415 g/mol. The molecule has 0 saturated heterocycles. The number of ether oxygens (including phenoxy) is 1. The normalized spacial score (nSPS) is 12.6. The number of aliphatic imine (C=N–C) groups is 1. The molecule has 1 aromatic rings. The Morgan fingerprint density at radius 2 is 1.70 bits per heavy atom. The van der Waals surface area contributed by atoms with Crippen molar-refractivity contribution in [2.45, 2.75) is 96.4 Å². The molecule has 0 heterocycles. The van der Waals surface area contributed by atoms with Crippen molar-refractivity contribution >= 4 is 12.2 Å². The quantitative estimate of drug-likeness (QED) is 0.129. The van der Waals surface area contributed by atoms with Crippen molar-refractivity contribution in [3.8, 4) is 5.75 Å². The third-order valence-electron chi connectivity index (χ3n) is 5.27. The lowest BCUT2D eigenvalue weighted by Gasteiger charge is -2.10. The summed E-state index contributed by atoms with van der Waals surface area (Å²) in [6, 6.07) is 7.52. The second kappa shape index (κ2) is 17.7. The molecule has 0 aromatic heterocycles. The van der Waals surface area contributed by atoms with Gasteiger partial charge in [0.1, 0.15) is 5.75 Å². The predicted octanol–water partition coefficient (Wildman–Crippen LogP) is 7.00. The number of rotatable bonds is 17. The summed E-state index contributed by atoms with van der Waals surface area (Å²) in [6.45, 7) is 2.24. The largest absolute Gasteiger partial charge is 0.508 e. The van der Waals surface area contributed by atoms with Gasteiger partial charge < -0.3 is 9.84 Å². The van der Waals surface area contributed by atoms with E-state index in [0.717, 1.165) is 37.7 Å². The number of aromatic hydroxyl groups is 1. The third-order valence-corrected chi connectivity index (χ3v) is 5.27. The van der Waals surface area contributed by atoms with E-state index >= 15 is 0 Å². The lowest BCUT2D eigenvalue weighted by molar-refractivity contribution is -0.140. The first-order valence-electron chi connectivity index (χ1n) is 11.7. The molecule has 4 heteroatoms. The maximum Gasteiger partial charge on any atom is 0.305 e. The predicted molar refractivity (Wildman–Crippen MR) is 126 cm³/mol. The first-order valence-corrected chi connectivity index (χ1v) is 11.7. The summed E-state index contributed by atoms with van der Waals surface area (Å²) in [6.07, 6.45) is 21.0. The zero-order chi connectivity index (χ0) is 21.9. The minimum atomic E-state index is -0.102. The second-order valence-electron chi connectivity index (χ2n) is 7.96. The Hall–Kier alpha value is -2.10. The van der Waals surface area contributed by atoms with E-state index in [0.29, 0.717) is 12.5 Å². The fourth-order valence-corrected chi connectivity index (χ4v) is 3.35. The van der Waals surface area contributed by atoms with Crippen LogP contribution in [-0.4, -0.2) is 30.4 Å². The highest BCUT2D eigenvalue weighted by Crippen LogP contribution is 2.14. The lowest BCUT2D eigenvalue weighted by atomic mass is 10.0. The molecular weight excluding hydrogens is 374 g/mol. The van der Waals surface area contributed by atoms with Crippen LogP contribution in [0.15, 0.2) is 41.4 Å². The molecule has 0 aliphatic heterocycles. The molecular formula is C26H41NO3. The molecule has 0 fully saturated rings. The molecule has 1 N–H and O–H groups in total. The standard InChI is InChI=1S/C26H41NO3/c1-3-4-5-12-15-24(27-22-23-18-20-25(28)21-19-23)16-13-10-8-6-7-9-11-14-17-26(29)30-2/h10,13,18-22,24,28H,3-9,11-12,14-17H2,1-2H3/b13-10-,27-22?. The van der Waals surface area contributed by atoms with Gasteiger partial charge in [0.15, 0.2) is 0 Å². The van der Waals surface area contributed by atoms with E-state index in [1.54, 1.807) is 12.1 Å². The lowest BCUT2D eigenvalue weighted by Crippen LogP contribution is -2.04. The molecule has 0 bridgehead atoms. The summed E-state index contributed by atoms with van der Waals surface area (Å²) in [5, 5.41) is 9.41. The Kier molecular flexibility index (Phi) is 15.3. The summed E-state index contributed by atoms with van der Waals surface area (Å²) in [4.78, 5) is 15.9. The van der Waals surface area contributed by atoms with Crippen molar-refractivity contribution < 1.29 is 14.6 Å². The number of carbonyl (C=O) groups excluding carboxylic acids is 1. The zero-order valence-corrected chi connectivity index (χ0v) is 19.0. The van der Waals surface area contributed by atoms with Crippen LogP contribution >= 0.6 is 0 Å². The average Bonchev–Trinajstić information content (AvgIpc) is 2.76. The maximum atomic E-state index is 11.1. The van der Waals surface area contributed by atoms with Gasteiger partial charge in [-0.05, 0) is 61.9 Å². The van der Waals surface area contributed by atoms with E-state index in [1.807, 2.05) is 18.3 Å². The number of carbonyl (C=O) groups is 1. The Balaban J connectivity index is 2.28. The van der Waals surface area contributed by atoms with Crippen LogP contribution in [0.25, 0.3) is 0 Å². The number of methoxy groups -OCH3 is 1. The van der Waals surface area contributed by atoms with Crippen LogP contribution in [0.4, 0.5) is 0 Å². The van der Waals surface area contributed by atoms with Gasteiger partial charge in [0.25, 0.3) is 0 Å². The minimum absolute atomic E-state index is 0.102. The molecule has 1 rings (SSSR count). The molecule has 0 spiro atoms. The fourth-order valence-electron chi connectivity index (χ4n) is 3.35. The van der Waals surface area contributed by atoms with Crippen molar-refractivity contribution in [2.24, 2.45) is 4.99 Å². The van der Waals surface area contributed by atoms with Crippen molar-refractivity contribution in [3.05, 3.63) is 42.0 Å². The van der Waals surface area contributed by atoms with E-state index < -0.39 is 0 Å². The Labute approximate surface area is 183 Å². The number of phenolic OH excluding ortho intramolecular Hbond substituents is 1. The van der Waals surface area contributed by atoms with Gasteiger partial charge in [-0.25, -0.2) is 0 Å². The van der Waals surface area contributed by atoms with Crippen LogP contribution in [0.3, 0.4) is 0 Å². The number of unbranched alkanes of at least 4 members (excludes halogenated alkanes) is 8. The van der Waals surface area contributed by atoms with E-state index in [2.05, 4.69) is 23.8 Å². The van der Waals surface area contributed by atoms with Gasteiger partial charge in [-0.1, -0.05) is 64.0 Å². The highest BCUT2D eigenvalue weighted by molar-refractivity contribution is 5.79. The summed E-state index contributed by atoms with van der Waals surface area (Å²) < 4.78 is 4.66. The van der Waals surface area contributed by atoms with Crippen molar-refractivity contribution in [2.75, 3.05) is 7.11 Å². The molecule has 0 aliphatic carbocycles. The molecule has 168 valence electrons. The van der Waals surface area contributed by atoms with Gasteiger partial charge >= 0.3 is 5.97 Å². The van der Waals surface area contributed by atoms with Crippen LogP contribution in [0, 0.1) is 0 Å². The molecule has 0 amide bonds. The van der Waals surface area contributed by atoms with Crippen LogP contribution in [-0.2, 0) is 9.53 Å². The fraction of sp³-hybridized carbons (Fsp3) is 0.615. The molecule has 1 aromatic carbocycles. The average molecular weight is 416 g/mol. The third kappa shape index (κ3) is 14.0. The van der Waals surface area contributed by atoms with Crippen LogP contribution in [0.5, 0.6) is 5.75 Å². The van der Waals surface area contributed by atoms with Gasteiger partial charge in [0, 0.05) is 12.6 Å². The number of nitrogens with zero attached hydrogens (tertiary/aromatic N) is 1. The molecule has 4 nitrogen and oxygen atoms in total. The number of allylic oxidation sites excluding steroid dienone is 1. The summed E-state index contributed by atoms with van der Waals surface area (Å²) in [7, 11) is 1.45. The van der Waals surface area contributed by atoms with E-state index in [1.165, 1.54) is 52.1 Å². The second-order valence-corrected chi connectivity index (χ2v) is 7.96. The summed E-state index contributed by atoms with van der Waals surface area (Å²) >= 11 is 0. The van der Waals surface area contributed by atoms with Gasteiger partial charge in [-0.15, -0.1) is 0 Å². The summed E-state index contributed by atoms with van der Waals surface area (Å²) in [5.41, 5.74) is 1.03. The molecule has 0 aliphatic rings. The van der Waals surface area contributed by atoms with E-state index in [9.17, 15) is 9.90 Å². The van der Waals surface area contributed by atoms with Gasteiger partial charge in [-0.2, -0.15) is 0 Å². The van der Waals surface area contributed by atoms with Gasteiger partial charge in [-0.3, -0.25) is 9.79 Å². The first-order chi connectivity index (χ1) is 14.7. The number of phenols is 1. The Morgan fingerprint density at radius 1 is 1.00 bits per heavy atom. The maximum absolute atomic E-state index is 11.1. The molecule has 0 saturated carbocycles. The summed E-state index contributed by atoms with van der Waals surface area (Å²) in [5.74, 6) is 0.185. The van der Waals surface area contributed by atoms with Gasteiger partial charge in [0.2, 0.25) is 0 Å². The van der Waals surface area contributed by atoms with Gasteiger partial charge in [0.05, 0.1) is 13.2 Å². The smallest absolute Gasteiger partial charge is 0.305 e. The Morgan fingerprint density at radius 3 is 2.43 bits per heavy atom. The van der Waals surface area contributed by atoms with E-state index in [4.69, 9.17) is 4.99 Å². The highest BCUT2D eigenvalue weighted by Gasteiger charge is 2.04. The topological polar surface area (TPSA) is 58.9 Å². The van der Waals surface area contributed by atoms with E-state index in [-0.39, 0.29) is 11.7 Å². The molecule has 0 radical (unpaired) electrons. The minimum Gasteiger partial charge on any atom is -0.508 e. The molecule has 1 unspecified atom stereocenters. The first kappa shape index (κ1) is 25.9. The molecule has 30 heavy (non-hydrogen) atoms. The van der Waals surface area contributed by atoms with Crippen molar-refractivity contribution in [3.63, 3.8) is 0 Å². The number of esters is 1. The van der Waals surface area contributed by atoms with Crippen molar-refractivity contribution in [1.29, 1.82) is 0 Å². The van der Waals surface area contributed by atoms with Crippen LogP contribution in [0.2, 0.25) is 0 Å². The highest BCUT2D eigenvalue weighted by atomic mass is 16.5.